The van der Waals surface area contributed by atoms with E-state index in [0.29, 0.717) is 10.6 Å². The third-order valence-electron chi connectivity index (χ3n) is 3.50. The number of halogens is 1. The number of amides is 1. The number of nitrogens with one attached hydrogen (secondary N) is 1. The molecule has 0 bridgehead atoms. The van der Waals surface area contributed by atoms with Gasteiger partial charge in [-0.1, -0.05) is 48.0 Å². The highest BCUT2D eigenvalue weighted by Crippen LogP contribution is 2.24. The number of benzene rings is 2. The summed E-state index contributed by atoms with van der Waals surface area (Å²) in [4.78, 5) is 26.7. The van der Waals surface area contributed by atoms with Crippen LogP contribution >= 0.6 is 22.9 Å². The first-order valence-corrected chi connectivity index (χ1v) is 9.04. The van der Waals surface area contributed by atoms with Crippen LogP contribution in [0.25, 0.3) is 11.3 Å². The molecule has 136 valence electrons. The van der Waals surface area contributed by atoms with Crippen molar-refractivity contribution in [2.45, 2.75) is 6.42 Å². The number of carbonyl (C=O) groups excluding carboxylic acids is 1. The molecule has 1 heterocycles. The lowest BCUT2D eigenvalue weighted by Crippen LogP contribution is -2.19. The van der Waals surface area contributed by atoms with Gasteiger partial charge in [-0.3, -0.25) is 14.9 Å². The molecule has 0 unspecified atom stereocenters. The van der Waals surface area contributed by atoms with Gasteiger partial charge in [0.25, 0.3) is 5.69 Å². The first kappa shape index (κ1) is 18.7. The van der Waals surface area contributed by atoms with Gasteiger partial charge in [-0.2, -0.15) is 5.10 Å². The van der Waals surface area contributed by atoms with Crippen LogP contribution in [0.5, 0.6) is 0 Å². The molecule has 0 aliphatic carbocycles. The molecule has 0 aliphatic rings. The summed E-state index contributed by atoms with van der Waals surface area (Å²) in [6.07, 6.45) is 1.41. The molecule has 3 rings (SSSR count). The number of thiazole rings is 1. The summed E-state index contributed by atoms with van der Waals surface area (Å²) < 4.78 is 0. The van der Waals surface area contributed by atoms with Crippen molar-refractivity contribution in [3.8, 4) is 11.3 Å². The third kappa shape index (κ3) is 4.96. The topological polar surface area (TPSA) is 97.5 Å². The zero-order valence-electron chi connectivity index (χ0n) is 13.8. The van der Waals surface area contributed by atoms with Gasteiger partial charge in [0.15, 0.2) is 0 Å². The van der Waals surface area contributed by atoms with Crippen LogP contribution in [-0.2, 0) is 11.2 Å². The Morgan fingerprint density at radius 2 is 2.07 bits per heavy atom. The first-order valence-electron chi connectivity index (χ1n) is 7.78. The molecule has 2 aromatic carbocycles. The number of nitro benzene ring substituents is 1. The molecule has 27 heavy (non-hydrogen) atoms. The Hall–Kier alpha value is -3.10. The number of hydrazone groups is 1. The van der Waals surface area contributed by atoms with E-state index in [-0.39, 0.29) is 23.0 Å². The predicted molar refractivity (Wildman–Crippen MR) is 105 cm³/mol. The molecular weight excluding hydrogens is 388 g/mol. The molecule has 1 N–H and O–H groups in total. The maximum atomic E-state index is 12.0. The minimum Gasteiger partial charge on any atom is -0.273 e. The number of rotatable bonds is 6. The van der Waals surface area contributed by atoms with E-state index in [0.717, 1.165) is 11.3 Å². The zero-order valence-corrected chi connectivity index (χ0v) is 15.4. The number of hydrogen-bond acceptors (Lipinski definition) is 6. The zero-order chi connectivity index (χ0) is 19.2. The van der Waals surface area contributed by atoms with E-state index < -0.39 is 4.92 Å². The van der Waals surface area contributed by atoms with Crippen molar-refractivity contribution >= 4 is 40.7 Å². The molecule has 0 atom stereocenters. The standard InChI is InChI=1S/C18H13ClN4O3S/c19-14-7-6-12(8-16(14)23(25)26)10-20-22-17(24)9-18-21-15(11-27-18)13-4-2-1-3-5-13/h1-8,10-11H,9H2,(H,22,24)/b20-10-. The van der Waals surface area contributed by atoms with Gasteiger partial charge < -0.3 is 0 Å². The molecule has 0 aliphatic heterocycles. The molecule has 3 aromatic rings. The molecular formula is C18H13ClN4O3S. The van der Waals surface area contributed by atoms with Gasteiger partial charge in [0, 0.05) is 22.6 Å². The minimum absolute atomic E-state index is 0.0409. The molecule has 1 aromatic heterocycles. The number of aromatic nitrogens is 1. The summed E-state index contributed by atoms with van der Waals surface area (Å²) in [5.74, 6) is -0.330. The summed E-state index contributed by atoms with van der Waals surface area (Å²) >= 11 is 7.15. The Balaban J connectivity index is 1.59. The Kier molecular flexibility index (Phi) is 5.90. The molecule has 7 nitrogen and oxygen atoms in total. The average Bonchev–Trinajstić information content (AvgIpc) is 3.12. The third-order valence-corrected chi connectivity index (χ3v) is 4.67. The van der Waals surface area contributed by atoms with Crippen molar-refractivity contribution in [2.75, 3.05) is 0 Å². The van der Waals surface area contributed by atoms with Crippen molar-refractivity contribution in [3.05, 3.63) is 79.6 Å². The summed E-state index contributed by atoms with van der Waals surface area (Å²) in [5.41, 5.74) is 4.43. The Bertz CT molecular complexity index is 1000. The quantitative estimate of drug-likeness (QED) is 0.383. The van der Waals surface area contributed by atoms with Crippen LogP contribution in [0.3, 0.4) is 0 Å². The van der Waals surface area contributed by atoms with Crippen LogP contribution < -0.4 is 5.43 Å². The maximum absolute atomic E-state index is 12.0. The van der Waals surface area contributed by atoms with E-state index in [9.17, 15) is 14.9 Å². The smallest absolute Gasteiger partial charge is 0.273 e. The number of hydrogen-bond donors (Lipinski definition) is 1. The largest absolute Gasteiger partial charge is 0.288 e. The van der Waals surface area contributed by atoms with Gasteiger partial charge in [-0.05, 0) is 6.07 Å². The van der Waals surface area contributed by atoms with Gasteiger partial charge in [-0.25, -0.2) is 10.4 Å². The van der Waals surface area contributed by atoms with Crippen molar-refractivity contribution < 1.29 is 9.72 Å². The van der Waals surface area contributed by atoms with Crippen molar-refractivity contribution in [2.24, 2.45) is 5.10 Å². The fourth-order valence-electron chi connectivity index (χ4n) is 2.24. The fraction of sp³-hybridized carbons (Fsp3) is 0.0556. The van der Waals surface area contributed by atoms with E-state index in [1.807, 2.05) is 35.7 Å². The highest BCUT2D eigenvalue weighted by molar-refractivity contribution is 7.10. The molecule has 0 saturated heterocycles. The summed E-state index contributed by atoms with van der Waals surface area (Å²) in [6, 6.07) is 13.9. The van der Waals surface area contributed by atoms with E-state index in [2.05, 4.69) is 15.5 Å². The van der Waals surface area contributed by atoms with Crippen LogP contribution in [0.1, 0.15) is 10.6 Å². The average molecular weight is 401 g/mol. The molecule has 0 spiro atoms. The van der Waals surface area contributed by atoms with Gasteiger partial charge in [0.05, 0.1) is 23.3 Å². The van der Waals surface area contributed by atoms with E-state index in [1.54, 1.807) is 6.07 Å². The van der Waals surface area contributed by atoms with Crippen LogP contribution in [0, 0.1) is 10.1 Å². The van der Waals surface area contributed by atoms with Crippen molar-refractivity contribution in [1.29, 1.82) is 0 Å². The van der Waals surface area contributed by atoms with Crippen LogP contribution in [0.4, 0.5) is 5.69 Å². The summed E-state index contributed by atoms with van der Waals surface area (Å²) in [5, 5.41) is 17.3. The number of nitrogens with zero attached hydrogens (tertiary/aromatic N) is 3. The molecule has 1 amide bonds. The van der Waals surface area contributed by atoms with E-state index in [4.69, 9.17) is 11.6 Å². The van der Waals surface area contributed by atoms with Gasteiger partial charge in [0.1, 0.15) is 10.0 Å². The Morgan fingerprint density at radius 3 is 2.81 bits per heavy atom. The van der Waals surface area contributed by atoms with E-state index in [1.165, 1.54) is 29.7 Å². The van der Waals surface area contributed by atoms with Crippen molar-refractivity contribution in [3.63, 3.8) is 0 Å². The van der Waals surface area contributed by atoms with Crippen LogP contribution in [-0.4, -0.2) is 22.0 Å². The SMILES string of the molecule is O=C(Cc1nc(-c2ccccc2)cs1)N/N=C\c1ccc(Cl)c([N+](=O)[O-])c1. The number of nitro groups is 1. The Morgan fingerprint density at radius 1 is 1.30 bits per heavy atom. The second-order valence-electron chi connectivity index (χ2n) is 5.43. The van der Waals surface area contributed by atoms with E-state index >= 15 is 0 Å². The maximum Gasteiger partial charge on any atom is 0.288 e. The fourth-order valence-corrected chi connectivity index (χ4v) is 3.23. The highest BCUT2D eigenvalue weighted by atomic mass is 35.5. The monoisotopic (exact) mass is 400 g/mol. The normalized spacial score (nSPS) is 10.9. The Labute approximate surface area is 163 Å². The lowest BCUT2D eigenvalue weighted by Gasteiger charge is -1.99. The highest BCUT2D eigenvalue weighted by Gasteiger charge is 2.12. The molecule has 0 saturated carbocycles. The lowest BCUT2D eigenvalue weighted by molar-refractivity contribution is -0.384. The number of carbonyl (C=O) groups is 1. The molecule has 0 radical (unpaired) electrons. The molecule has 0 fully saturated rings. The molecule has 9 heteroatoms. The minimum atomic E-state index is -0.578. The van der Waals surface area contributed by atoms with Gasteiger partial charge in [-0.15, -0.1) is 11.3 Å². The second kappa shape index (κ2) is 8.52. The lowest BCUT2D eigenvalue weighted by atomic mass is 10.2. The van der Waals surface area contributed by atoms with Gasteiger partial charge in [0.2, 0.25) is 5.91 Å². The van der Waals surface area contributed by atoms with Gasteiger partial charge >= 0.3 is 0 Å². The first-order chi connectivity index (χ1) is 13.0. The predicted octanol–water partition coefficient (Wildman–Crippen LogP) is 4.06. The second-order valence-corrected chi connectivity index (χ2v) is 6.78. The summed E-state index contributed by atoms with van der Waals surface area (Å²) in [7, 11) is 0. The van der Waals surface area contributed by atoms with Crippen LogP contribution in [0.2, 0.25) is 5.02 Å². The van der Waals surface area contributed by atoms with Crippen LogP contribution in [0.15, 0.2) is 59.0 Å². The summed E-state index contributed by atoms with van der Waals surface area (Å²) in [6.45, 7) is 0. The van der Waals surface area contributed by atoms with Crippen molar-refractivity contribution in [1.82, 2.24) is 10.4 Å².